The van der Waals surface area contributed by atoms with Crippen LogP contribution in [0.2, 0.25) is 0 Å². The zero-order valence-corrected chi connectivity index (χ0v) is 20.7. The molecule has 0 atom stereocenters. The number of ether oxygens (including phenoxy) is 4. The standard InChI is InChI=1S/C25H30N2O6S/c1-15(2)31-21-11-19(12-22(13-21)32-16(3)4)24(28)27-17(5)34-23(14-26)33-20-9-7-8-18(10-20)25(29)30-6/h7-16H,5,26H2,1-4,6H3,(H,27,28)/b23-14-. The van der Waals surface area contributed by atoms with E-state index in [9.17, 15) is 9.59 Å². The third-order valence-corrected chi connectivity index (χ3v) is 4.74. The molecule has 0 fully saturated rings. The summed E-state index contributed by atoms with van der Waals surface area (Å²) >= 11 is 1.02. The van der Waals surface area contributed by atoms with Crippen molar-refractivity contribution in [3.63, 3.8) is 0 Å². The number of hydrogen-bond donors (Lipinski definition) is 2. The molecule has 0 aliphatic carbocycles. The smallest absolute Gasteiger partial charge is 0.337 e. The first-order chi connectivity index (χ1) is 16.1. The van der Waals surface area contributed by atoms with E-state index in [4.69, 9.17) is 24.7 Å². The Kier molecular flexibility index (Phi) is 9.88. The first-order valence-electron chi connectivity index (χ1n) is 10.6. The van der Waals surface area contributed by atoms with Crippen LogP contribution >= 0.6 is 11.8 Å². The number of benzene rings is 2. The number of amides is 1. The Morgan fingerprint density at radius 3 is 2.09 bits per heavy atom. The summed E-state index contributed by atoms with van der Waals surface area (Å²) in [6, 6.07) is 11.4. The lowest BCUT2D eigenvalue weighted by molar-refractivity contribution is 0.0600. The number of carbonyl (C=O) groups is 2. The molecule has 2 aromatic carbocycles. The molecule has 0 saturated carbocycles. The van der Waals surface area contributed by atoms with Crippen LogP contribution in [0.1, 0.15) is 48.4 Å². The van der Waals surface area contributed by atoms with Crippen molar-refractivity contribution in [1.82, 2.24) is 5.32 Å². The first-order valence-corrected chi connectivity index (χ1v) is 11.4. The molecular formula is C25H30N2O6S. The molecule has 182 valence electrons. The van der Waals surface area contributed by atoms with Gasteiger partial charge in [0.05, 0.1) is 29.9 Å². The number of rotatable bonds is 11. The summed E-state index contributed by atoms with van der Waals surface area (Å²) in [6.07, 6.45) is 1.10. The van der Waals surface area contributed by atoms with Crippen molar-refractivity contribution in [1.29, 1.82) is 0 Å². The van der Waals surface area contributed by atoms with E-state index >= 15 is 0 Å². The zero-order valence-electron chi connectivity index (χ0n) is 19.9. The van der Waals surface area contributed by atoms with Gasteiger partial charge in [0.25, 0.3) is 5.91 Å². The molecule has 0 bridgehead atoms. The molecule has 1 amide bonds. The van der Waals surface area contributed by atoms with E-state index in [1.165, 1.54) is 19.4 Å². The van der Waals surface area contributed by atoms with Gasteiger partial charge in [0.1, 0.15) is 17.2 Å². The average Bonchev–Trinajstić information content (AvgIpc) is 2.77. The highest BCUT2D eigenvalue weighted by atomic mass is 32.2. The Labute approximate surface area is 204 Å². The van der Waals surface area contributed by atoms with E-state index in [0.717, 1.165) is 11.8 Å². The van der Waals surface area contributed by atoms with E-state index in [1.54, 1.807) is 36.4 Å². The predicted molar refractivity (Wildman–Crippen MR) is 133 cm³/mol. The summed E-state index contributed by atoms with van der Waals surface area (Å²) in [5.74, 6) is 0.531. The van der Waals surface area contributed by atoms with Crippen LogP contribution in [-0.4, -0.2) is 31.2 Å². The summed E-state index contributed by atoms with van der Waals surface area (Å²) in [5, 5.41) is 3.26. The second kappa shape index (κ2) is 12.6. The number of hydrogen-bond acceptors (Lipinski definition) is 8. The van der Waals surface area contributed by atoms with Gasteiger partial charge >= 0.3 is 5.97 Å². The van der Waals surface area contributed by atoms with Gasteiger partial charge in [-0.2, -0.15) is 0 Å². The number of methoxy groups -OCH3 is 1. The van der Waals surface area contributed by atoms with E-state index < -0.39 is 11.9 Å². The van der Waals surface area contributed by atoms with E-state index in [0.29, 0.717) is 28.4 Å². The van der Waals surface area contributed by atoms with E-state index in [2.05, 4.69) is 11.9 Å². The Balaban J connectivity index is 2.09. The van der Waals surface area contributed by atoms with Gasteiger partial charge in [-0.3, -0.25) is 4.79 Å². The van der Waals surface area contributed by atoms with Gasteiger partial charge in [0.15, 0.2) is 5.09 Å². The van der Waals surface area contributed by atoms with Gasteiger partial charge < -0.3 is 30.0 Å². The minimum Gasteiger partial charge on any atom is -0.491 e. The number of esters is 1. The van der Waals surface area contributed by atoms with Crippen LogP contribution in [0, 0.1) is 0 Å². The highest BCUT2D eigenvalue weighted by Crippen LogP contribution is 2.28. The van der Waals surface area contributed by atoms with E-state index in [-0.39, 0.29) is 22.3 Å². The third kappa shape index (κ3) is 8.40. The van der Waals surface area contributed by atoms with Crippen molar-refractivity contribution in [3.05, 3.63) is 76.5 Å². The number of carbonyl (C=O) groups excluding carboxylic acids is 2. The van der Waals surface area contributed by atoms with Crippen LogP contribution in [0.5, 0.6) is 17.2 Å². The Morgan fingerprint density at radius 1 is 0.971 bits per heavy atom. The molecule has 0 unspecified atom stereocenters. The van der Waals surface area contributed by atoms with Gasteiger partial charge in [-0.05, 0) is 69.8 Å². The second-order valence-corrected chi connectivity index (χ2v) is 8.71. The normalized spacial score (nSPS) is 11.2. The minimum atomic E-state index is -0.488. The van der Waals surface area contributed by atoms with Crippen molar-refractivity contribution >= 4 is 23.6 Å². The summed E-state index contributed by atoms with van der Waals surface area (Å²) in [5.41, 5.74) is 6.36. The van der Waals surface area contributed by atoms with Crippen LogP contribution in [0.15, 0.2) is 65.4 Å². The van der Waals surface area contributed by atoms with Crippen molar-refractivity contribution < 1.29 is 28.5 Å². The summed E-state index contributed by atoms with van der Waals surface area (Å²) in [6.45, 7) is 11.5. The second-order valence-electron chi connectivity index (χ2n) is 7.61. The number of nitrogens with one attached hydrogen (secondary N) is 1. The molecule has 0 aliphatic rings. The molecule has 0 aromatic heterocycles. The molecular weight excluding hydrogens is 456 g/mol. The van der Waals surface area contributed by atoms with Crippen LogP contribution in [0.25, 0.3) is 0 Å². The third-order valence-electron chi connectivity index (χ3n) is 3.97. The predicted octanol–water partition coefficient (Wildman–Crippen LogP) is 4.82. The average molecular weight is 487 g/mol. The molecule has 2 rings (SSSR count). The van der Waals surface area contributed by atoms with Crippen molar-refractivity contribution in [2.24, 2.45) is 5.73 Å². The lowest BCUT2D eigenvalue weighted by atomic mass is 10.2. The molecule has 0 aliphatic heterocycles. The van der Waals surface area contributed by atoms with Gasteiger partial charge in [-0.25, -0.2) is 4.79 Å². The molecule has 0 radical (unpaired) electrons. The summed E-state index contributed by atoms with van der Waals surface area (Å²) in [7, 11) is 1.30. The Hall–Kier alpha value is -3.59. The maximum absolute atomic E-state index is 12.9. The quantitative estimate of drug-likeness (QED) is 0.344. The van der Waals surface area contributed by atoms with Crippen LogP contribution < -0.4 is 25.3 Å². The number of nitrogens with two attached hydrogens (primary N) is 1. The highest BCUT2D eigenvalue weighted by molar-refractivity contribution is 8.06. The maximum Gasteiger partial charge on any atom is 0.337 e. The first kappa shape index (κ1) is 26.7. The van der Waals surface area contributed by atoms with Gasteiger partial charge in [-0.1, -0.05) is 12.6 Å². The number of thioether (sulfide) groups is 1. The fourth-order valence-corrected chi connectivity index (χ4v) is 3.33. The van der Waals surface area contributed by atoms with E-state index in [1.807, 2.05) is 27.7 Å². The van der Waals surface area contributed by atoms with Crippen molar-refractivity contribution in [2.45, 2.75) is 39.9 Å². The molecule has 0 saturated heterocycles. The monoisotopic (exact) mass is 486 g/mol. The SMILES string of the molecule is C=C(NC(=O)c1cc(OC(C)C)cc(OC(C)C)c1)S/C(=C\N)Oc1cccc(C(=O)OC)c1. The Morgan fingerprint density at radius 2 is 1.56 bits per heavy atom. The molecule has 0 spiro atoms. The fourth-order valence-electron chi connectivity index (χ4n) is 2.74. The lowest BCUT2D eigenvalue weighted by Gasteiger charge is -2.16. The molecule has 2 aromatic rings. The molecule has 0 heterocycles. The largest absolute Gasteiger partial charge is 0.491 e. The maximum atomic E-state index is 12.9. The van der Waals surface area contributed by atoms with Crippen LogP contribution in [0.4, 0.5) is 0 Å². The lowest BCUT2D eigenvalue weighted by Crippen LogP contribution is -2.21. The Bertz CT molecular complexity index is 1040. The molecule has 8 nitrogen and oxygen atoms in total. The van der Waals surface area contributed by atoms with Crippen LogP contribution in [-0.2, 0) is 4.74 Å². The molecule has 3 N–H and O–H groups in total. The fraction of sp³-hybridized carbons (Fsp3) is 0.280. The summed E-state index contributed by atoms with van der Waals surface area (Å²) < 4.78 is 21.9. The van der Waals surface area contributed by atoms with Crippen molar-refractivity contribution in [2.75, 3.05) is 7.11 Å². The summed E-state index contributed by atoms with van der Waals surface area (Å²) in [4.78, 5) is 24.6. The highest BCUT2D eigenvalue weighted by Gasteiger charge is 2.15. The molecule has 34 heavy (non-hydrogen) atoms. The topological polar surface area (TPSA) is 109 Å². The van der Waals surface area contributed by atoms with Crippen molar-refractivity contribution in [3.8, 4) is 17.2 Å². The molecule has 9 heteroatoms. The minimum absolute atomic E-state index is 0.0668. The van der Waals surface area contributed by atoms with Gasteiger partial charge in [0, 0.05) is 17.8 Å². The van der Waals surface area contributed by atoms with Gasteiger partial charge in [0.2, 0.25) is 0 Å². The van der Waals surface area contributed by atoms with Gasteiger partial charge in [-0.15, -0.1) is 0 Å². The van der Waals surface area contributed by atoms with Crippen LogP contribution in [0.3, 0.4) is 0 Å². The zero-order chi connectivity index (χ0) is 25.3.